The second kappa shape index (κ2) is 12.9. The van der Waals surface area contributed by atoms with Crippen LogP contribution < -0.4 is 0 Å². The van der Waals surface area contributed by atoms with Gasteiger partial charge < -0.3 is 0 Å². The molecule has 1 heterocycles. The largest absolute Gasteiger partial charge is 0.228 e. The predicted molar refractivity (Wildman–Crippen MR) is 246 cm³/mol. The van der Waals surface area contributed by atoms with E-state index >= 15 is 0 Å². The van der Waals surface area contributed by atoms with E-state index < -0.39 is 0 Å². The van der Waals surface area contributed by atoms with Crippen LogP contribution in [0.4, 0.5) is 0 Å². The van der Waals surface area contributed by atoms with Crippen LogP contribution in [0, 0.1) is 0 Å². The molecule has 12 aromatic rings. The molecule has 2 nitrogen and oxygen atoms in total. The molecule has 0 spiro atoms. The molecule has 1 aromatic heterocycles. The zero-order chi connectivity index (χ0) is 38.2. The third-order valence-electron chi connectivity index (χ3n) is 12.0. The van der Waals surface area contributed by atoms with Crippen LogP contribution in [0.3, 0.4) is 0 Å². The van der Waals surface area contributed by atoms with E-state index in [4.69, 9.17) is 9.97 Å². The lowest BCUT2D eigenvalue weighted by atomic mass is 9.86. The van der Waals surface area contributed by atoms with E-state index in [1.165, 1.54) is 81.1 Å². The van der Waals surface area contributed by atoms with Gasteiger partial charge in [0.15, 0.2) is 5.82 Å². The summed E-state index contributed by atoms with van der Waals surface area (Å²) in [4.78, 5) is 10.8. The van der Waals surface area contributed by atoms with Gasteiger partial charge in [0.1, 0.15) is 0 Å². The Morgan fingerprint density at radius 1 is 0.241 bits per heavy atom. The molecule has 0 radical (unpaired) electrons. The lowest BCUT2D eigenvalue weighted by Gasteiger charge is -2.18. The Labute approximate surface area is 335 Å². The molecule has 0 atom stereocenters. The molecule has 0 N–H and O–H groups in total. The monoisotopic (exact) mass is 734 g/mol. The summed E-state index contributed by atoms with van der Waals surface area (Å²) in [7, 11) is 0. The Morgan fingerprint density at radius 2 is 0.690 bits per heavy atom. The topological polar surface area (TPSA) is 25.8 Å². The Kier molecular flexibility index (Phi) is 7.26. The third-order valence-corrected chi connectivity index (χ3v) is 12.0. The first kappa shape index (κ1) is 32.6. The number of hydrogen-bond donors (Lipinski definition) is 0. The van der Waals surface area contributed by atoms with Crippen molar-refractivity contribution in [1.82, 2.24) is 9.97 Å². The molecule has 0 aliphatic rings. The first-order valence-corrected chi connectivity index (χ1v) is 19.9. The van der Waals surface area contributed by atoms with Crippen LogP contribution in [0.2, 0.25) is 0 Å². The molecule has 58 heavy (non-hydrogen) atoms. The van der Waals surface area contributed by atoms with E-state index in [0.717, 1.165) is 33.5 Å². The van der Waals surface area contributed by atoms with Crippen molar-refractivity contribution in [1.29, 1.82) is 0 Å². The smallest absolute Gasteiger partial charge is 0.160 e. The molecule has 0 saturated heterocycles. The second-order valence-corrected chi connectivity index (χ2v) is 15.2. The molecular weight excluding hydrogens is 701 g/mol. The molecule has 0 fully saturated rings. The molecule has 11 aromatic carbocycles. The zero-order valence-corrected chi connectivity index (χ0v) is 31.5. The maximum Gasteiger partial charge on any atom is 0.160 e. The summed E-state index contributed by atoms with van der Waals surface area (Å²) in [5, 5.41) is 17.1. The molecule has 0 aliphatic heterocycles. The summed E-state index contributed by atoms with van der Waals surface area (Å²) in [5.74, 6) is 0.704. The van der Waals surface area contributed by atoms with Crippen molar-refractivity contribution < 1.29 is 0 Å². The fraction of sp³-hybridized carbons (Fsp3) is 0. The van der Waals surface area contributed by atoms with Crippen molar-refractivity contribution in [2.75, 3.05) is 0 Å². The molecule has 12 rings (SSSR count). The SMILES string of the molecule is c1ccc(-c2nc(-c3ccc(-c4c5ccccc5cc5c4ccc4ccccc45)c4ccccc34)cc(-c3c4ccccc4cc4c3ccc3ccccc34)n2)cc1. The Hall–Kier alpha value is -7.68. The van der Waals surface area contributed by atoms with Gasteiger partial charge in [-0.2, -0.15) is 0 Å². The third kappa shape index (κ3) is 5.05. The van der Waals surface area contributed by atoms with E-state index in [2.05, 4.69) is 200 Å². The van der Waals surface area contributed by atoms with E-state index in [-0.39, 0.29) is 0 Å². The second-order valence-electron chi connectivity index (χ2n) is 15.2. The minimum atomic E-state index is 0.704. The number of benzene rings is 11. The van der Waals surface area contributed by atoms with E-state index in [1.54, 1.807) is 0 Å². The van der Waals surface area contributed by atoms with Crippen molar-refractivity contribution >= 4 is 75.4 Å². The van der Waals surface area contributed by atoms with Crippen LogP contribution in [0.15, 0.2) is 206 Å². The minimum absolute atomic E-state index is 0.704. The van der Waals surface area contributed by atoms with Gasteiger partial charge in [0.25, 0.3) is 0 Å². The summed E-state index contributed by atoms with van der Waals surface area (Å²) >= 11 is 0. The summed E-state index contributed by atoms with van der Waals surface area (Å²) in [6.07, 6.45) is 0. The highest BCUT2D eigenvalue weighted by Crippen LogP contribution is 2.45. The normalized spacial score (nSPS) is 11.8. The fourth-order valence-corrected chi connectivity index (χ4v) is 9.38. The number of hydrogen-bond acceptors (Lipinski definition) is 2. The Morgan fingerprint density at radius 3 is 1.31 bits per heavy atom. The maximum absolute atomic E-state index is 5.41. The highest BCUT2D eigenvalue weighted by Gasteiger charge is 2.20. The molecule has 0 saturated carbocycles. The molecule has 0 unspecified atom stereocenters. The van der Waals surface area contributed by atoms with Gasteiger partial charge in [-0.3, -0.25) is 0 Å². The van der Waals surface area contributed by atoms with Crippen molar-refractivity contribution in [3.63, 3.8) is 0 Å². The lowest BCUT2D eigenvalue weighted by molar-refractivity contribution is 1.19. The predicted octanol–water partition coefficient (Wildman–Crippen LogP) is 15.2. The summed E-state index contributed by atoms with van der Waals surface area (Å²) < 4.78 is 0. The fourth-order valence-electron chi connectivity index (χ4n) is 9.38. The molecule has 268 valence electrons. The first-order chi connectivity index (χ1) is 28.8. The van der Waals surface area contributed by atoms with Crippen LogP contribution in [-0.2, 0) is 0 Å². The van der Waals surface area contributed by atoms with Gasteiger partial charge in [-0.25, -0.2) is 9.97 Å². The standard InChI is InChI=1S/C56H34N2/c1-2-16-37(17-3-1)56-57-52(34-53(58-56)55-43-23-11-7-19-39(43)33-51-41-21-9-5-15-36(41)27-29-49(51)55)46-30-31-47(45-25-13-12-24-44(45)46)54-42-22-10-6-18-38(42)32-50-40-20-8-4-14-35(40)26-28-48(50)54/h1-34H. The van der Waals surface area contributed by atoms with E-state index in [0.29, 0.717) is 5.82 Å². The average molecular weight is 735 g/mol. The molecule has 0 amide bonds. The maximum atomic E-state index is 5.41. The zero-order valence-electron chi connectivity index (χ0n) is 31.5. The summed E-state index contributed by atoms with van der Waals surface area (Å²) in [6, 6.07) is 74.7. The number of rotatable bonds is 4. The number of aromatic nitrogens is 2. The van der Waals surface area contributed by atoms with Gasteiger partial charge in [0.05, 0.1) is 11.4 Å². The summed E-state index contributed by atoms with van der Waals surface area (Å²) in [6.45, 7) is 0. The van der Waals surface area contributed by atoms with E-state index in [9.17, 15) is 0 Å². The van der Waals surface area contributed by atoms with Crippen LogP contribution in [0.5, 0.6) is 0 Å². The Balaban J connectivity index is 1.15. The van der Waals surface area contributed by atoms with Gasteiger partial charge in [-0.15, -0.1) is 0 Å². The molecular formula is C56H34N2. The van der Waals surface area contributed by atoms with Crippen molar-refractivity contribution in [2.24, 2.45) is 0 Å². The van der Waals surface area contributed by atoms with Crippen molar-refractivity contribution in [3.8, 4) is 45.0 Å². The van der Waals surface area contributed by atoms with Crippen LogP contribution in [0.25, 0.3) is 120 Å². The van der Waals surface area contributed by atoms with Gasteiger partial charge in [0, 0.05) is 16.7 Å². The van der Waals surface area contributed by atoms with Crippen LogP contribution in [0.1, 0.15) is 0 Å². The summed E-state index contributed by atoms with van der Waals surface area (Å²) in [5.41, 5.74) is 7.43. The van der Waals surface area contributed by atoms with Gasteiger partial charge >= 0.3 is 0 Å². The van der Waals surface area contributed by atoms with Gasteiger partial charge in [0.2, 0.25) is 0 Å². The van der Waals surface area contributed by atoms with Crippen molar-refractivity contribution in [2.45, 2.75) is 0 Å². The van der Waals surface area contributed by atoms with Crippen LogP contribution in [-0.4, -0.2) is 9.97 Å². The highest BCUT2D eigenvalue weighted by atomic mass is 14.9. The van der Waals surface area contributed by atoms with Crippen molar-refractivity contribution in [3.05, 3.63) is 206 Å². The van der Waals surface area contributed by atoms with Gasteiger partial charge in [-0.05, 0) is 105 Å². The molecule has 0 aliphatic carbocycles. The minimum Gasteiger partial charge on any atom is -0.228 e. The van der Waals surface area contributed by atoms with Crippen LogP contribution >= 0.6 is 0 Å². The van der Waals surface area contributed by atoms with E-state index in [1.807, 2.05) is 6.07 Å². The number of fused-ring (bicyclic) bond motifs is 9. The average Bonchev–Trinajstić information content (AvgIpc) is 3.29. The first-order valence-electron chi connectivity index (χ1n) is 19.9. The lowest BCUT2D eigenvalue weighted by Crippen LogP contribution is -1.98. The molecule has 0 bridgehead atoms. The molecule has 2 heteroatoms. The Bertz CT molecular complexity index is 3620. The number of nitrogens with zero attached hydrogens (tertiary/aromatic N) is 2. The van der Waals surface area contributed by atoms with Gasteiger partial charge in [-0.1, -0.05) is 188 Å². The quantitative estimate of drug-likeness (QED) is 0.133. The highest BCUT2D eigenvalue weighted by molar-refractivity contribution is 6.23.